The van der Waals surface area contributed by atoms with Gasteiger partial charge in [-0.15, -0.1) is 0 Å². The molecule has 0 radical (unpaired) electrons. The van der Waals surface area contributed by atoms with E-state index in [2.05, 4.69) is 28.8 Å². The van der Waals surface area contributed by atoms with Crippen LogP contribution in [0.15, 0.2) is 91.0 Å². The van der Waals surface area contributed by atoms with E-state index in [1.165, 1.54) is 5.39 Å². The van der Waals surface area contributed by atoms with Gasteiger partial charge in [0.05, 0.1) is 30.4 Å². The molecule has 1 amide bonds. The molecule has 1 aliphatic heterocycles. The van der Waals surface area contributed by atoms with Crippen molar-refractivity contribution in [2.24, 2.45) is 0 Å². The Labute approximate surface area is 216 Å². The number of hydrogen-bond donors (Lipinski definition) is 0. The third-order valence-corrected chi connectivity index (χ3v) is 7.08. The van der Waals surface area contributed by atoms with Gasteiger partial charge in [-0.25, -0.2) is 4.98 Å². The molecule has 186 valence electrons. The number of rotatable bonds is 8. The summed E-state index contributed by atoms with van der Waals surface area (Å²) >= 11 is 0. The third kappa shape index (κ3) is 4.40. The summed E-state index contributed by atoms with van der Waals surface area (Å²) in [5.74, 6) is 2.66. The monoisotopic (exact) mass is 491 g/mol. The van der Waals surface area contributed by atoms with Gasteiger partial charge in [0.2, 0.25) is 5.91 Å². The number of ether oxygens (including phenoxy) is 2. The number of nitrogens with zero attached hydrogens (tertiary/aromatic N) is 3. The van der Waals surface area contributed by atoms with Crippen LogP contribution in [0.1, 0.15) is 24.6 Å². The standard InChI is InChI=1S/C31H29N3O3/c1-36-29-16-7-6-15-27(29)34-21-23(20-30(34)35)31-32-25-13-4-5-14-26(25)33(31)18-9-19-37-28-17-8-11-22-10-2-3-12-24(22)28/h2-8,10-17,23H,9,18-21H2,1H3. The molecule has 1 aromatic heterocycles. The fourth-order valence-electron chi connectivity index (χ4n) is 5.33. The number of carbonyl (C=O) groups is 1. The molecule has 1 saturated heterocycles. The van der Waals surface area contributed by atoms with E-state index >= 15 is 0 Å². The Morgan fingerprint density at radius 1 is 0.892 bits per heavy atom. The van der Waals surface area contributed by atoms with Gasteiger partial charge in [-0.05, 0) is 42.1 Å². The fourth-order valence-corrected chi connectivity index (χ4v) is 5.33. The van der Waals surface area contributed by atoms with E-state index < -0.39 is 0 Å². The van der Waals surface area contributed by atoms with Gasteiger partial charge in [-0.3, -0.25) is 4.79 Å². The van der Waals surface area contributed by atoms with Crippen LogP contribution in [0.2, 0.25) is 0 Å². The van der Waals surface area contributed by atoms with Crippen molar-refractivity contribution in [2.75, 3.05) is 25.2 Å². The van der Waals surface area contributed by atoms with Gasteiger partial charge < -0.3 is 18.9 Å². The number of benzene rings is 4. The summed E-state index contributed by atoms with van der Waals surface area (Å²) in [6.07, 6.45) is 1.25. The van der Waals surface area contributed by atoms with Crippen molar-refractivity contribution in [3.63, 3.8) is 0 Å². The molecule has 0 N–H and O–H groups in total. The summed E-state index contributed by atoms with van der Waals surface area (Å²) in [5.41, 5.74) is 2.85. The van der Waals surface area contributed by atoms with Crippen LogP contribution in [0.4, 0.5) is 5.69 Å². The number of fused-ring (bicyclic) bond motifs is 2. The van der Waals surface area contributed by atoms with Crippen LogP contribution in [-0.2, 0) is 11.3 Å². The van der Waals surface area contributed by atoms with Crippen molar-refractivity contribution in [3.8, 4) is 11.5 Å². The number of aromatic nitrogens is 2. The first-order chi connectivity index (χ1) is 18.2. The first-order valence-electron chi connectivity index (χ1n) is 12.7. The van der Waals surface area contributed by atoms with Crippen molar-refractivity contribution >= 4 is 33.4 Å². The molecule has 1 fully saturated rings. The number of hydrogen-bond acceptors (Lipinski definition) is 4. The summed E-state index contributed by atoms with van der Waals surface area (Å²) < 4.78 is 14.0. The molecule has 1 aliphatic rings. The lowest BCUT2D eigenvalue weighted by atomic mass is 10.1. The maximum atomic E-state index is 13.1. The minimum Gasteiger partial charge on any atom is -0.495 e. The lowest BCUT2D eigenvalue weighted by Crippen LogP contribution is -2.25. The van der Waals surface area contributed by atoms with E-state index in [4.69, 9.17) is 14.5 Å². The SMILES string of the molecule is COc1ccccc1N1CC(c2nc3ccccc3n2CCCOc2cccc3ccccc23)CC1=O. The molecule has 0 spiro atoms. The van der Waals surface area contributed by atoms with Crippen LogP contribution < -0.4 is 14.4 Å². The van der Waals surface area contributed by atoms with Crippen molar-refractivity contribution in [1.82, 2.24) is 9.55 Å². The minimum atomic E-state index is 0.00352. The van der Waals surface area contributed by atoms with Gasteiger partial charge in [-0.2, -0.15) is 0 Å². The number of para-hydroxylation sites is 4. The summed E-state index contributed by atoms with van der Waals surface area (Å²) in [7, 11) is 1.64. The predicted molar refractivity (Wildman–Crippen MR) is 146 cm³/mol. The molecule has 0 bridgehead atoms. The van der Waals surface area contributed by atoms with Gasteiger partial charge >= 0.3 is 0 Å². The fraction of sp³-hybridized carbons (Fsp3) is 0.226. The second kappa shape index (κ2) is 9.97. The van der Waals surface area contributed by atoms with E-state index in [9.17, 15) is 4.79 Å². The Bertz CT molecular complexity index is 1570. The van der Waals surface area contributed by atoms with Crippen LogP contribution in [0, 0.1) is 0 Å². The highest BCUT2D eigenvalue weighted by atomic mass is 16.5. The Hall–Kier alpha value is -4.32. The van der Waals surface area contributed by atoms with Crippen molar-refractivity contribution in [2.45, 2.75) is 25.3 Å². The van der Waals surface area contributed by atoms with Gasteiger partial charge in [0.15, 0.2) is 0 Å². The summed E-state index contributed by atoms with van der Waals surface area (Å²) in [6.45, 7) is 1.94. The highest BCUT2D eigenvalue weighted by Gasteiger charge is 2.35. The second-order valence-electron chi connectivity index (χ2n) is 9.37. The highest BCUT2D eigenvalue weighted by Crippen LogP contribution is 2.37. The largest absolute Gasteiger partial charge is 0.495 e. The average molecular weight is 492 g/mol. The Morgan fingerprint density at radius 3 is 2.57 bits per heavy atom. The number of carbonyl (C=O) groups excluding carboxylic acids is 1. The second-order valence-corrected chi connectivity index (χ2v) is 9.37. The van der Waals surface area contributed by atoms with Gasteiger partial charge in [0.1, 0.15) is 17.3 Å². The van der Waals surface area contributed by atoms with Crippen LogP contribution in [0.25, 0.3) is 21.8 Å². The topological polar surface area (TPSA) is 56.6 Å². The summed E-state index contributed by atoms with van der Waals surface area (Å²) in [4.78, 5) is 19.9. The van der Waals surface area contributed by atoms with Crippen LogP contribution in [0.3, 0.4) is 0 Å². The first kappa shape index (κ1) is 23.1. The Balaban J connectivity index is 1.22. The van der Waals surface area contributed by atoms with Gasteiger partial charge in [0.25, 0.3) is 0 Å². The highest BCUT2D eigenvalue weighted by molar-refractivity contribution is 5.98. The lowest BCUT2D eigenvalue weighted by molar-refractivity contribution is -0.117. The summed E-state index contributed by atoms with van der Waals surface area (Å²) in [5, 5.41) is 2.30. The Morgan fingerprint density at radius 2 is 1.65 bits per heavy atom. The van der Waals surface area contributed by atoms with E-state index in [-0.39, 0.29) is 11.8 Å². The zero-order valence-electron chi connectivity index (χ0n) is 20.8. The number of aryl methyl sites for hydroxylation is 1. The third-order valence-electron chi connectivity index (χ3n) is 7.08. The minimum absolute atomic E-state index is 0.00352. The number of amides is 1. The molecule has 37 heavy (non-hydrogen) atoms. The maximum absolute atomic E-state index is 13.1. The number of anilines is 1. The molecule has 6 nitrogen and oxygen atoms in total. The maximum Gasteiger partial charge on any atom is 0.227 e. The van der Waals surface area contributed by atoms with Gasteiger partial charge in [0, 0.05) is 30.8 Å². The van der Waals surface area contributed by atoms with Crippen LogP contribution in [-0.4, -0.2) is 35.7 Å². The average Bonchev–Trinajstić information content (AvgIpc) is 3.51. The zero-order valence-corrected chi connectivity index (χ0v) is 20.8. The van der Waals surface area contributed by atoms with Crippen molar-refractivity contribution < 1.29 is 14.3 Å². The molecule has 5 aromatic rings. The molecular formula is C31H29N3O3. The Kier molecular flexibility index (Phi) is 6.23. The zero-order chi connectivity index (χ0) is 25.2. The molecule has 6 heteroatoms. The quantitative estimate of drug-likeness (QED) is 0.243. The van der Waals surface area contributed by atoms with E-state index in [1.807, 2.05) is 71.6 Å². The number of methoxy groups -OCH3 is 1. The molecule has 0 aliphatic carbocycles. The van der Waals surface area contributed by atoms with Crippen LogP contribution in [0.5, 0.6) is 11.5 Å². The van der Waals surface area contributed by atoms with Crippen molar-refractivity contribution in [3.05, 3.63) is 96.8 Å². The lowest BCUT2D eigenvalue weighted by Gasteiger charge is -2.20. The predicted octanol–water partition coefficient (Wildman–Crippen LogP) is 6.19. The van der Waals surface area contributed by atoms with E-state index in [0.29, 0.717) is 25.3 Å². The van der Waals surface area contributed by atoms with Gasteiger partial charge in [-0.1, -0.05) is 60.7 Å². The van der Waals surface area contributed by atoms with E-state index in [0.717, 1.165) is 46.6 Å². The van der Waals surface area contributed by atoms with E-state index in [1.54, 1.807) is 7.11 Å². The van der Waals surface area contributed by atoms with Crippen molar-refractivity contribution in [1.29, 1.82) is 0 Å². The molecule has 0 saturated carbocycles. The first-order valence-corrected chi connectivity index (χ1v) is 12.7. The smallest absolute Gasteiger partial charge is 0.227 e. The molecule has 4 aromatic carbocycles. The van der Waals surface area contributed by atoms with Crippen LogP contribution >= 0.6 is 0 Å². The molecular weight excluding hydrogens is 462 g/mol. The molecule has 6 rings (SSSR count). The normalized spacial score (nSPS) is 15.5. The molecule has 1 atom stereocenters. The number of imidazole rings is 1. The molecule has 1 unspecified atom stereocenters. The molecule has 2 heterocycles. The summed E-state index contributed by atoms with van der Waals surface area (Å²) in [6, 6.07) is 30.3.